The van der Waals surface area contributed by atoms with Gasteiger partial charge in [-0.15, -0.1) is 0 Å². The third-order valence-corrected chi connectivity index (χ3v) is 3.93. The Kier molecular flexibility index (Phi) is 3.02. The van der Waals surface area contributed by atoms with Gasteiger partial charge in [0, 0.05) is 0 Å². The molecule has 0 heterocycles. The average Bonchev–Trinajstić information content (AvgIpc) is 2.66. The van der Waals surface area contributed by atoms with E-state index in [0.717, 1.165) is 24.0 Å². The Morgan fingerprint density at radius 2 is 1.94 bits per heavy atom. The largest absolute Gasteiger partial charge is 0.388 e. The second-order valence-corrected chi connectivity index (χ2v) is 5.26. The predicted octanol–water partition coefficient (Wildman–Crippen LogP) is 3.75. The molecule has 1 aromatic carbocycles. The maximum Gasteiger partial charge on any atom is 0.123 e. The zero-order valence-electron chi connectivity index (χ0n) is 9.96. The zero-order valence-corrected chi connectivity index (χ0v) is 9.96. The van der Waals surface area contributed by atoms with Gasteiger partial charge < -0.3 is 5.11 Å². The Morgan fingerprint density at radius 3 is 2.50 bits per heavy atom. The summed E-state index contributed by atoms with van der Waals surface area (Å²) in [4.78, 5) is 0. The van der Waals surface area contributed by atoms with Crippen LogP contribution in [0.25, 0.3) is 0 Å². The number of halogens is 1. The zero-order chi connectivity index (χ0) is 11.8. The summed E-state index contributed by atoms with van der Waals surface area (Å²) < 4.78 is 13.0. The Hall–Kier alpha value is -0.890. The minimum atomic E-state index is -0.462. The maximum atomic E-state index is 13.0. The van der Waals surface area contributed by atoms with Crippen LogP contribution in [0.3, 0.4) is 0 Å². The number of hydrogen-bond acceptors (Lipinski definition) is 1. The maximum absolute atomic E-state index is 13.0. The van der Waals surface area contributed by atoms with Crippen LogP contribution < -0.4 is 0 Å². The minimum Gasteiger partial charge on any atom is -0.388 e. The molecule has 0 radical (unpaired) electrons. The molecular formula is C14H19FO. The molecule has 1 aliphatic rings. The summed E-state index contributed by atoms with van der Waals surface area (Å²) in [6.07, 6.45) is 4.04. The molecule has 1 saturated carbocycles. The molecule has 1 nitrogen and oxygen atoms in total. The first-order valence-electron chi connectivity index (χ1n) is 5.97. The lowest BCUT2D eigenvalue weighted by Gasteiger charge is -2.31. The Morgan fingerprint density at radius 1 is 1.31 bits per heavy atom. The molecule has 1 unspecified atom stereocenters. The quantitative estimate of drug-likeness (QED) is 0.808. The number of aliphatic hydroxyl groups excluding tert-OH is 1. The number of benzene rings is 1. The summed E-state index contributed by atoms with van der Waals surface area (Å²) in [5.74, 6) is -0.231. The SMILES string of the molecule is Cc1cc(F)ccc1C(O)C1(C)CCCC1. The van der Waals surface area contributed by atoms with E-state index in [4.69, 9.17) is 0 Å². The van der Waals surface area contributed by atoms with Crippen molar-refractivity contribution in [1.29, 1.82) is 0 Å². The first-order chi connectivity index (χ1) is 7.53. The summed E-state index contributed by atoms with van der Waals surface area (Å²) in [6, 6.07) is 4.65. The van der Waals surface area contributed by atoms with Crippen molar-refractivity contribution >= 4 is 0 Å². The summed E-state index contributed by atoms with van der Waals surface area (Å²) in [5, 5.41) is 10.4. The van der Waals surface area contributed by atoms with E-state index in [1.165, 1.54) is 25.0 Å². The molecule has 88 valence electrons. The standard InChI is InChI=1S/C14H19FO/c1-10-9-11(15)5-6-12(10)13(16)14(2)7-3-4-8-14/h5-6,9,13,16H,3-4,7-8H2,1-2H3. The molecule has 1 N–H and O–H groups in total. The normalized spacial score (nSPS) is 21.0. The summed E-state index contributed by atoms with van der Waals surface area (Å²) in [5.41, 5.74) is 1.70. The number of hydrogen-bond donors (Lipinski definition) is 1. The van der Waals surface area contributed by atoms with Crippen LogP contribution in [0.1, 0.15) is 49.8 Å². The van der Waals surface area contributed by atoms with Crippen molar-refractivity contribution in [3.63, 3.8) is 0 Å². The number of aryl methyl sites for hydroxylation is 1. The van der Waals surface area contributed by atoms with E-state index in [1.807, 2.05) is 6.92 Å². The fourth-order valence-electron chi connectivity index (χ4n) is 2.78. The molecule has 2 heteroatoms. The van der Waals surface area contributed by atoms with Crippen molar-refractivity contribution in [3.8, 4) is 0 Å². The highest BCUT2D eigenvalue weighted by molar-refractivity contribution is 5.30. The molecule has 0 spiro atoms. The molecule has 1 atom stereocenters. The third kappa shape index (κ3) is 1.99. The van der Waals surface area contributed by atoms with Crippen molar-refractivity contribution in [2.24, 2.45) is 5.41 Å². The molecule has 1 aliphatic carbocycles. The summed E-state index contributed by atoms with van der Waals surface area (Å²) >= 11 is 0. The van der Waals surface area contributed by atoms with E-state index in [1.54, 1.807) is 6.07 Å². The van der Waals surface area contributed by atoms with Crippen LogP contribution >= 0.6 is 0 Å². The van der Waals surface area contributed by atoms with Crippen molar-refractivity contribution < 1.29 is 9.50 Å². The molecule has 2 rings (SSSR count). The monoisotopic (exact) mass is 222 g/mol. The summed E-state index contributed by atoms with van der Waals surface area (Å²) in [6.45, 7) is 3.99. The number of rotatable bonds is 2. The van der Waals surface area contributed by atoms with Gasteiger partial charge in [-0.25, -0.2) is 4.39 Å². The summed E-state index contributed by atoms with van der Waals surface area (Å²) in [7, 11) is 0. The van der Waals surface area contributed by atoms with Crippen LogP contribution in [0, 0.1) is 18.2 Å². The van der Waals surface area contributed by atoms with E-state index in [-0.39, 0.29) is 11.2 Å². The smallest absolute Gasteiger partial charge is 0.123 e. The van der Waals surface area contributed by atoms with E-state index in [9.17, 15) is 9.50 Å². The molecule has 1 aromatic rings. The van der Waals surface area contributed by atoms with Crippen LogP contribution in [-0.4, -0.2) is 5.11 Å². The van der Waals surface area contributed by atoms with Gasteiger partial charge in [0.1, 0.15) is 5.82 Å². The lowest BCUT2D eigenvalue weighted by Crippen LogP contribution is -2.22. The van der Waals surface area contributed by atoms with Crippen molar-refractivity contribution in [3.05, 3.63) is 35.1 Å². The van der Waals surface area contributed by atoms with Gasteiger partial charge in [-0.05, 0) is 48.4 Å². The molecular weight excluding hydrogens is 203 g/mol. The van der Waals surface area contributed by atoms with Crippen molar-refractivity contribution in [2.45, 2.75) is 45.6 Å². The van der Waals surface area contributed by atoms with Crippen molar-refractivity contribution in [1.82, 2.24) is 0 Å². The highest BCUT2D eigenvalue weighted by Gasteiger charge is 2.37. The molecule has 0 saturated heterocycles. The van der Waals surface area contributed by atoms with Gasteiger partial charge in [-0.3, -0.25) is 0 Å². The topological polar surface area (TPSA) is 20.2 Å². The van der Waals surface area contributed by atoms with Gasteiger partial charge in [-0.1, -0.05) is 25.8 Å². The number of aliphatic hydroxyl groups is 1. The predicted molar refractivity (Wildman–Crippen MR) is 62.7 cm³/mol. The fourth-order valence-corrected chi connectivity index (χ4v) is 2.78. The van der Waals surface area contributed by atoms with Crippen LogP contribution in [0.15, 0.2) is 18.2 Å². The van der Waals surface area contributed by atoms with Crippen LogP contribution in [0.5, 0.6) is 0 Å². The van der Waals surface area contributed by atoms with E-state index in [0.29, 0.717) is 0 Å². The van der Waals surface area contributed by atoms with Crippen LogP contribution in [0.2, 0.25) is 0 Å². The molecule has 16 heavy (non-hydrogen) atoms. The molecule has 0 amide bonds. The molecule has 0 aromatic heterocycles. The third-order valence-electron chi connectivity index (χ3n) is 3.93. The molecule has 0 bridgehead atoms. The van der Waals surface area contributed by atoms with Crippen LogP contribution in [0.4, 0.5) is 4.39 Å². The average molecular weight is 222 g/mol. The lowest BCUT2D eigenvalue weighted by molar-refractivity contribution is 0.0403. The van der Waals surface area contributed by atoms with Gasteiger partial charge in [0.25, 0.3) is 0 Å². The van der Waals surface area contributed by atoms with Gasteiger partial charge in [0.05, 0.1) is 6.10 Å². The van der Waals surface area contributed by atoms with E-state index in [2.05, 4.69) is 6.92 Å². The van der Waals surface area contributed by atoms with Gasteiger partial charge in [0.15, 0.2) is 0 Å². The van der Waals surface area contributed by atoms with E-state index >= 15 is 0 Å². The van der Waals surface area contributed by atoms with Crippen LogP contribution in [-0.2, 0) is 0 Å². The Labute approximate surface area is 96.3 Å². The molecule has 1 fully saturated rings. The highest BCUT2D eigenvalue weighted by Crippen LogP contribution is 2.47. The van der Waals surface area contributed by atoms with Gasteiger partial charge in [-0.2, -0.15) is 0 Å². The minimum absolute atomic E-state index is 0.0252. The van der Waals surface area contributed by atoms with E-state index < -0.39 is 6.10 Å². The van der Waals surface area contributed by atoms with Gasteiger partial charge >= 0.3 is 0 Å². The lowest BCUT2D eigenvalue weighted by atomic mass is 9.78. The Balaban J connectivity index is 2.29. The van der Waals surface area contributed by atoms with Crippen molar-refractivity contribution in [2.75, 3.05) is 0 Å². The van der Waals surface area contributed by atoms with Gasteiger partial charge in [0.2, 0.25) is 0 Å². The first kappa shape index (κ1) is 11.6. The first-order valence-corrected chi connectivity index (χ1v) is 5.97. The second kappa shape index (κ2) is 4.17. The molecule has 0 aliphatic heterocycles. The Bertz CT molecular complexity index is 380. The fraction of sp³-hybridized carbons (Fsp3) is 0.571. The second-order valence-electron chi connectivity index (χ2n) is 5.26. The highest BCUT2D eigenvalue weighted by atomic mass is 19.1.